The fourth-order valence-electron chi connectivity index (χ4n) is 4.32. The van der Waals surface area contributed by atoms with Gasteiger partial charge in [0.05, 0.1) is 12.7 Å². The van der Waals surface area contributed by atoms with Crippen molar-refractivity contribution in [3.05, 3.63) is 35.4 Å². The number of fused-ring (bicyclic) bond motifs is 2. The molecule has 1 saturated carbocycles. The first-order valence-corrected chi connectivity index (χ1v) is 8.09. The van der Waals surface area contributed by atoms with Crippen LogP contribution in [0, 0.1) is 0 Å². The van der Waals surface area contributed by atoms with E-state index in [9.17, 15) is 0 Å². The summed E-state index contributed by atoms with van der Waals surface area (Å²) >= 11 is 0. The molecule has 3 heteroatoms. The molecular weight excluding hydrogens is 248 g/mol. The molecule has 0 spiro atoms. The molecule has 4 rings (SSSR count). The quantitative estimate of drug-likeness (QED) is 0.850. The topological polar surface area (TPSA) is 24.5 Å². The lowest BCUT2D eigenvalue weighted by atomic mass is 9.95. The van der Waals surface area contributed by atoms with E-state index in [0.717, 1.165) is 26.2 Å². The van der Waals surface area contributed by atoms with Crippen molar-refractivity contribution < 1.29 is 4.74 Å². The highest BCUT2D eigenvalue weighted by molar-refractivity contribution is 5.31. The third-order valence-electron chi connectivity index (χ3n) is 5.25. The van der Waals surface area contributed by atoms with Crippen LogP contribution in [0.1, 0.15) is 42.9 Å². The van der Waals surface area contributed by atoms with Crippen molar-refractivity contribution in [2.75, 3.05) is 19.7 Å². The predicted molar refractivity (Wildman–Crippen MR) is 79.6 cm³/mol. The first-order chi connectivity index (χ1) is 9.93. The van der Waals surface area contributed by atoms with Crippen LogP contribution >= 0.6 is 0 Å². The number of morpholine rings is 1. The van der Waals surface area contributed by atoms with E-state index in [2.05, 4.69) is 34.5 Å². The Morgan fingerprint density at radius 2 is 2.10 bits per heavy atom. The van der Waals surface area contributed by atoms with Gasteiger partial charge >= 0.3 is 0 Å². The number of hydrogen-bond donors (Lipinski definition) is 1. The second-order valence-electron chi connectivity index (χ2n) is 6.33. The van der Waals surface area contributed by atoms with Crippen molar-refractivity contribution in [3.63, 3.8) is 0 Å². The van der Waals surface area contributed by atoms with Crippen LogP contribution in [0.5, 0.6) is 0 Å². The van der Waals surface area contributed by atoms with Gasteiger partial charge in [-0.1, -0.05) is 24.3 Å². The maximum atomic E-state index is 5.98. The van der Waals surface area contributed by atoms with E-state index in [0.29, 0.717) is 18.2 Å². The van der Waals surface area contributed by atoms with E-state index >= 15 is 0 Å². The summed E-state index contributed by atoms with van der Waals surface area (Å²) < 4.78 is 5.98. The predicted octanol–water partition coefficient (Wildman–Crippen LogP) is 2.47. The van der Waals surface area contributed by atoms with E-state index in [1.807, 2.05) is 0 Å². The molecule has 0 amide bonds. The molecule has 1 aliphatic carbocycles. The Morgan fingerprint density at radius 3 is 3.10 bits per heavy atom. The third-order valence-corrected chi connectivity index (χ3v) is 5.25. The van der Waals surface area contributed by atoms with E-state index in [1.54, 1.807) is 5.56 Å². The molecule has 3 nitrogen and oxygen atoms in total. The van der Waals surface area contributed by atoms with Crippen LogP contribution in [-0.2, 0) is 11.3 Å². The van der Waals surface area contributed by atoms with E-state index < -0.39 is 0 Å². The standard InChI is InChI=1S/C17H24N2O/c1-2-5-14-13(4-1)12-18-9-8-15(14)19-10-11-20-17-7-3-6-16(17)19/h1-2,4-5,15-18H,3,6-12H2. The van der Waals surface area contributed by atoms with E-state index in [-0.39, 0.29) is 0 Å². The number of benzene rings is 1. The summed E-state index contributed by atoms with van der Waals surface area (Å²) in [6.07, 6.45) is 5.62. The second kappa shape index (κ2) is 5.47. The second-order valence-corrected chi connectivity index (χ2v) is 6.33. The van der Waals surface area contributed by atoms with Crippen molar-refractivity contribution in [1.82, 2.24) is 10.2 Å². The van der Waals surface area contributed by atoms with Crippen molar-refractivity contribution in [2.45, 2.75) is 50.4 Å². The molecule has 1 N–H and O–H groups in total. The summed E-state index contributed by atoms with van der Waals surface area (Å²) in [6, 6.07) is 10.2. The Hall–Kier alpha value is -0.900. The average Bonchev–Trinajstić information content (AvgIpc) is 2.87. The Morgan fingerprint density at radius 1 is 1.15 bits per heavy atom. The molecule has 2 aliphatic heterocycles. The molecule has 1 saturated heterocycles. The maximum Gasteiger partial charge on any atom is 0.0731 e. The minimum Gasteiger partial charge on any atom is -0.375 e. The zero-order valence-electron chi connectivity index (χ0n) is 12.1. The number of nitrogens with zero attached hydrogens (tertiary/aromatic N) is 1. The van der Waals surface area contributed by atoms with Crippen LogP contribution in [-0.4, -0.2) is 36.7 Å². The Kier molecular flexibility index (Phi) is 3.51. The number of hydrogen-bond acceptors (Lipinski definition) is 3. The van der Waals surface area contributed by atoms with Crippen molar-refractivity contribution in [3.8, 4) is 0 Å². The molecule has 2 heterocycles. The van der Waals surface area contributed by atoms with Gasteiger partial charge in [-0.15, -0.1) is 0 Å². The number of rotatable bonds is 1. The molecule has 108 valence electrons. The highest BCUT2D eigenvalue weighted by atomic mass is 16.5. The molecule has 0 radical (unpaired) electrons. The summed E-state index contributed by atoms with van der Waals surface area (Å²) in [7, 11) is 0. The van der Waals surface area contributed by atoms with Gasteiger partial charge < -0.3 is 10.1 Å². The van der Waals surface area contributed by atoms with Gasteiger partial charge in [-0.25, -0.2) is 0 Å². The summed E-state index contributed by atoms with van der Waals surface area (Å²) in [5, 5.41) is 3.57. The van der Waals surface area contributed by atoms with E-state index in [1.165, 1.54) is 31.2 Å². The summed E-state index contributed by atoms with van der Waals surface area (Å²) in [6.45, 7) is 4.15. The molecule has 0 bridgehead atoms. The number of ether oxygens (including phenoxy) is 1. The Labute approximate surface area is 121 Å². The van der Waals surface area contributed by atoms with Gasteiger partial charge in [-0.3, -0.25) is 4.90 Å². The van der Waals surface area contributed by atoms with Crippen LogP contribution < -0.4 is 5.32 Å². The van der Waals surface area contributed by atoms with Crippen LogP contribution in [0.3, 0.4) is 0 Å². The SMILES string of the molecule is c1ccc2c(c1)CNCCC2N1CCOC2CCCC21. The van der Waals surface area contributed by atoms with Crippen LogP contribution in [0.25, 0.3) is 0 Å². The Bertz CT molecular complexity index is 476. The largest absolute Gasteiger partial charge is 0.375 e. The summed E-state index contributed by atoms with van der Waals surface area (Å²) in [5.74, 6) is 0. The lowest BCUT2D eigenvalue weighted by Crippen LogP contribution is -2.50. The zero-order chi connectivity index (χ0) is 13.4. The molecule has 1 aromatic carbocycles. The molecule has 2 fully saturated rings. The fraction of sp³-hybridized carbons (Fsp3) is 0.647. The van der Waals surface area contributed by atoms with Gasteiger partial charge in [0.15, 0.2) is 0 Å². The lowest BCUT2D eigenvalue weighted by molar-refractivity contribution is -0.0733. The van der Waals surface area contributed by atoms with Crippen molar-refractivity contribution in [1.29, 1.82) is 0 Å². The van der Waals surface area contributed by atoms with Gasteiger partial charge in [-0.2, -0.15) is 0 Å². The van der Waals surface area contributed by atoms with Crippen LogP contribution in [0.15, 0.2) is 24.3 Å². The minimum atomic E-state index is 0.493. The lowest BCUT2D eigenvalue weighted by Gasteiger charge is -2.43. The normalized spacial score (nSPS) is 34.3. The molecule has 0 aromatic heterocycles. The summed E-state index contributed by atoms with van der Waals surface area (Å²) in [4.78, 5) is 2.76. The first kappa shape index (κ1) is 12.8. The van der Waals surface area contributed by atoms with Gasteiger partial charge in [0.2, 0.25) is 0 Å². The molecule has 3 atom stereocenters. The maximum absolute atomic E-state index is 5.98. The van der Waals surface area contributed by atoms with Gasteiger partial charge in [-0.05, 0) is 43.4 Å². The molecule has 3 unspecified atom stereocenters. The monoisotopic (exact) mass is 272 g/mol. The fourth-order valence-corrected chi connectivity index (χ4v) is 4.32. The van der Waals surface area contributed by atoms with Crippen molar-refractivity contribution in [2.24, 2.45) is 0 Å². The molecule has 3 aliphatic rings. The van der Waals surface area contributed by atoms with Crippen LogP contribution in [0.2, 0.25) is 0 Å². The smallest absolute Gasteiger partial charge is 0.0731 e. The third kappa shape index (κ3) is 2.18. The summed E-state index contributed by atoms with van der Waals surface area (Å²) in [5.41, 5.74) is 3.03. The van der Waals surface area contributed by atoms with E-state index in [4.69, 9.17) is 4.74 Å². The number of nitrogens with one attached hydrogen (secondary N) is 1. The van der Waals surface area contributed by atoms with Gasteiger partial charge in [0.25, 0.3) is 0 Å². The Balaban J connectivity index is 1.66. The highest BCUT2D eigenvalue weighted by Gasteiger charge is 2.40. The zero-order valence-corrected chi connectivity index (χ0v) is 12.1. The van der Waals surface area contributed by atoms with Gasteiger partial charge in [0.1, 0.15) is 0 Å². The minimum absolute atomic E-state index is 0.493. The highest BCUT2D eigenvalue weighted by Crippen LogP contribution is 2.38. The molecular formula is C17H24N2O. The first-order valence-electron chi connectivity index (χ1n) is 8.09. The van der Waals surface area contributed by atoms with Gasteiger partial charge in [0, 0.05) is 25.2 Å². The molecule has 1 aromatic rings. The van der Waals surface area contributed by atoms with Crippen LogP contribution in [0.4, 0.5) is 0 Å². The average molecular weight is 272 g/mol. The van der Waals surface area contributed by atoms with Crippen molar-refractivity contribution >= 4 is 0 Å². The molecule has 20 heavy (non-hydrogen) atoms.